The number of piperidine rings is 1. The van der Waals surface area contributed by atoms with Gasteiger partial charge in [-0.3, -0.25) is 4.79 Å². The molecule has 3 rings (SSSR count). The summed E-state index contributed by atoms with van der Waals surface area (Å²) in [5.74, 6) is 1.71. The first-order valence-electron chi connectivity index (χ1n) is 10.4. The zero-order valence-corrected chi connectivity index (χ0v) is 16.6. The van der Waals surface area contributed by atoms with Gasteiger partial charge >= 0.3 is 0 Å². The summed E-state index contributed by atoms with van der Waals surface area (Å²) in [4.78, 5) is 19.1. The SMILES string of the molecule is CCCCCCCC(=O)N1CCCC(c2nc(-c3cccc(C)c3)no2)C1. The lowest BCUT2D eigenvalue weighted by molar-refractivity contribution is -0.132. The van der Waals surface area contributed by atoms with E-state index in [2.05, 4.69) is 36.1 Å². The lowest BCUT2D eigenvalue weighted by Gasteiger charge is -2.31. The molecule has 1 aromatic heterocycles. The van der Waals surface area contributed by atoms with Gasteiger partial charge in [-0.1, -0.05) is 61.5 Å². The van der Waals surface area contributed by atoms with E-state index in [1.165, 1.54) is 24.8 Å². The normalized spacial score (nSPS) is 17.3. The van der Waals surface area contributed by atoms with Crippen molar-refractivity contribution in [2.45, 2.75) is 71.1 Å². The monoisotopic (exact) mass is 369 g/mol. The van der Waals surface area contributed by atoms with Crippen molar-refractivity contribution in [3.8, 4) is 11.4 Å². The number of aryl methyl sites for hydroxylation is 1. The summed E-state index contributed by atoms with van der Waals surface area (Å²) >= 11 is 0. The van der Waals surface area contributed by atoms with Crippen LogP contribution in [0, 0.1) is 6.92 Å². The maximum Gasteiger partial charge on any atom is 0.231 e. The Morgan fingerprint density at radius 2 is 2.11 bits per heavy atom. The first-order chi connectivity index (χ1) is 13.2. The van der Waals surface area contributed by atoms with Gasteiger partial charge in [-0.15, -0.1) is 0 Å². The van der Waals surface area contributed by atoms with Gasteiger partial charge in [0.1, 0.15) is 0 Å². The molecule has 0 bridgehead atoms. The minimum atomic E-state index is 0.147. The Hall–Kier alpha value is -2.17. The van der Waals surface area contributed by atoms with E-state index in [-0.39, 0.29) is 11.8 Å². The highest BCUT2D eigenvalue weighted by Gasteiger charge is 2.28. The summed E-state index contributed by atoms with van der Waals surface area (Å²) in [5.41, 5.74) is 2.15. The maximum absolute atomic E-state index is 12.5. The van der Waals surface area contributed by atoms with Gasteiger partial charge in [0.25, 0.3) is 0 Å². The number of hydrogen-bond donors (Lipinski definition) is 0. The van der Waals surface area contributed by atoms with Crippen molar-refractivity contribution < 1.29 is 9.32 Å². The molecule has 1 aromatic carbocycles. The van der Waals surface area contributed by atoms with E-state index in [9.17, 15) is 4.79 Å². The van der Waals surface area contributed by atoms with Crippen LogP contribution >= 0.6 is 0 Å². The first kappa shape index (κ1) is 19.6. The van der Waals surface area contributed by atoms with Crippen LogP contribution in [0.1, 0.15) is 75.7 Å². The zero-order chi connectivity index (χ0) is 19.1. The van der Waals surface area contributed by atoms with Crippen molar-refractivity contribution in [1.82, 2.24) is 15.0 Å². The molecule has 0 saturated carbocycles. The Kier molecular flexibility index (Phi) is 7.02. The average molecular weight is 370 g/mol. The van der Waals surface area contributed by atoms with E-state index >= 15 is 0 Å². The van der Waals surface area contributed by atoms with Gasteiger partial charge in [-0.2, -0.15) is 4.98 Å². The van der Waals surface area contributed by atoms with Crippen LogP contribution in [0.15, 0.2) is 28.8 Å². The number of likely N-dealkylation sites (tertiary alicyclic amines) is 1. The van der Waals surface area contributed by atoms with Crippen LogP contribution in [-0.4, -0.2) is 34.0 Å². The van der Waals surface area contributed by atoms with Crippen molar-refractivity contribution in [2.75, 3.05) is 13.1 Å². The third-order valence-corrected chi connectivity index (χ3v) is 5.34. The Labute approximate surface area is 162 Å². The second-order valence-electron chi connectivity index (χ2n) is 7.67. The molecule has 2 heterocycles. The molecule has 1 atom stereocenters. The van der Waals surface area contributed by atoms with Crippen molar-refractivity contribution >= 4 is 5.91 Å². The molecule has 1 fully saturated rings. The molecule has 0 aliphatic carbocycles. The number of hydrogen-bond acceptors (Lipinski definition) is 4. The van der Waals surface area contributed by atoms with Crippen LogP contribution in [0.4, 0.5) is 0 Å². The maximum atomic E-state index is 12.5. The predicted octanol–water partition coefficient (Wildman–Crippen LogP) is 5.11. The van der Waals surface area contributed by atoms with Crippen LogP contribution in [0.2, 0.25) is 0 Å². The van der Waals surface area contributed by atoms with E-state index in [4.69, 9.17) is 4.52 Å². The fourth-order valence-corrected chi connectivity index (χ4v) is 3.75. The Morgan fingerprint density at radius 3 is 2.93 bits per heavy atom. The van der Waals surface area contributed by atoms with Crippen molar-refractivity contribution in [2.24, 2.45) is 0 Å². The Balaban J connectivity index is 1.56. The molecule has 2 aromatic rings. The second-order valence-corrected chi connectivity index (χ2v) is 7.67. The lowest BCUT2D eigenvalue weighted by Crippen LogP contribution is -2.39. The number of benzene rings is 1. The fourth-order valence-electron chi connectivity index (χ4n) is 3.75. The molecule has 1 saturated heterocycles. The minimum absolute atomic E-state index is 0.147. The second kappa shape index (κ2) is 9.67. The van der Waals surface area contributed by atoms with Crippen LogP contribution < -0.4 is 0 Å². The summed E-state index contributed by atoms with van der Waals surface area (Å²) in [6.45, 7) is 5.81. The summed E-state index contributed by atoms with van der Waals surface area (Å²) < 4.78 is 5.55. The smallest absolute Gasteiger partial charge is 0.231 e. The number of amides is 1. The summed E-state index contributed by atoms with van der Waals surface area (Å²) in [5, 5.41) is 4.16. The van der Waals surface area contributed by atoms with Gasteiger partial charge in [0.05, 0.1) is 5.92 Å². The first-order valence-corrected chi connectivity index (χ1v) is 10.4. The number of aromatic nitrogens is 2. The molecular formula is C22H31N3O2. The number of nitrogens with zero attached hydrogens (tertiary/aromatic N) is 3. The van der Waals surface area contributed by atoms with Gasteiger partial charge in [-0.05, 0) is 32.3 Å². The van der Waals surface area contributed by atoms with Gasteiger partial charge in [0.15, 0.2) is 0 Å². The van der Waals surface area contributed by atoms with Gasteiger partial charge in [-0.25, -0.2) is 0 Å². The molecule has 1 aliphatic heterocycles. The average Bonchev–Trinajstić information content (AvgIpc) is 3.18. The van der Waals surface area contributed by atoms with Crippen molar-refractivity contribution in [1.29, 1.82) is 0 Å². The van der Waals surface area contributed by atoms with Gasteiger partial charge in [0.2, 0.25) is 17.6 Å². The lowest BCUT2D eigenvalue weighted by atomic mass is 9.97. The molecule has 5 heteroatoms. The number of carbonyl (C=O) groups excluding carboxylic acids is 1. The van der Waals surface area contributed by atoms with Crippen LogP contribution in [0.25, 0.3) is 11.4 Å². The molecule has 1 unspecified atom stereocenters. The van der Waals surface area contributed by atoms with Crippen LogP contribution in [0.3, 0.4) is 0 Å². The molecule has 146 valence electrons. The molecule has 0 N–H and O–H groups in total. The van der Waals surface area contributed by atoms with E-state index in [1.807, 2.05) is 17.0 Å². The van der Waals surface area contributed by atoms with E-state index in [0.29, 0.717) is 24.7 Å². The molecule has 1 aliphatic rings. The molecule has 1 amide bonds. The van der Waals surface area contributed by atoms with Crippen LogP contribution in [-0.2, 0) is 4.79 Å². The quantitative estimate of drug-likeness (QED) is 0.607. The van der Waals surface area contributed by atoms with E-state index < -0.39 is 0 Å². The minimum Gasteiger partial charge on any atom is -0.342 e. The van der Waals surface area contributed by atoms with Crippen LogP contribution in [0.5, 0.6) is 0 Å². The Morgan fingerprint density at radius 1 is 1.26 bits per heavy atom. The van der Waals surface area contributed by atoms with E-state index in [1.54, 1.807) is 0 Å². The summed E-state index contributed by atoms with van der Waals surface area (Å²) in [6.07, 6.45) is 8.53. The highest BCUT2D eigenvalue weighted by atomic mass is 16.5. The number of unbranched alkanes of at least 4 members (excludes halogenated alkanes) is 4. The molecule has 5 nitrogen and oxygen atoms in total. The fraction of sp³-hybridized carbons (Fsp3) is 0.591. The molecular weight excluding hydrogens is 338 g/mol. The predicted molar refractivity (Wildman–Crippen MR) is 106 cm³/mol. The topological polar surface area (TPSA) is 59.2 Å². The van der Waals surface area contributed by atoms with Gasteiger partial charge < -0.3 is 9.42 Å². The third-order valence-electron chi connectivity index (χ3n) is 5.34. The largest absolute Gasteiger partial charge is 0.342 e. The standard InChI is InChI=1S/C22H31N3O2/c1-3-4-5-6-7-13-20(26)25-14-9-12-19(16-25)22-23-21(24-27-22)18-11-8-10-17(2)15-18/h8,10-11,15,19H,3-7,9,12-14,16H2,1-2H3. The molecule has 27 heavy (non-hydrogen) atoms. The van der Waals surface area contributed by atoms with Crippen molar-refractivity contribution in [3.05, 3.63) is 35.7 Å². The number of rotatable bonds is 8. The summed E-state index contributed by atoms with van der Waals surface area (Å²) in [6, 6.07) is 8.11. The molecule has 0 spiro atoms. The van der Waals surface area contributed by atoms with Crippen molar-refractivity contribution in [3.63, 3.8) is 0 Å². The van der Waals surface area contributed by atoms with E-state index in [0.717, 1.165) is 37.8 Å². The number of carbonyl (C=O) groups is 1. The third kappa shape index (κ3) is 5.41. The Bertz CT molecular complexity index is 741. The van der Waals surface area contributed by atoms with Gasteiger partial charge in [0, 0.05) is 25.1 Å². The molecule has 0 radical (unpaired) electrons. The zero-order valence-electron chi connectivity index (χ0n) is 16.6. The highest BCUT2D eigenvalue weighted by Crippen LogP contribution is 2.28. The highest BCUT2D eigenvalue weighted by molar-refractivity contribution is 5.76. The summed E-state index contributed by atoms with van der Waals surface area (Å²) in [7, 11) is 0.